The maximum absolute atomic E-state index is 10.3. The van der Waals surface area contributed by atoms with Crippen LogP contribution in [0.4, 0.5) is 0 Å². The van der Waals surface area contributed by atoms with E-state index < -0.39 is 7.74 Å². The van der Waals surface area contributed by atoms with Crippen molar-refractivity contribution in [2.75, 3.05) is 0 Å². The van der Waals surface area contributed by atoms with Gasteiger partial charge in [-0.1, -0.05) is 0 Å². The summed E-state index contributed by atoms with van der Waals surface area (Å²) < 4.78 is 14.4. The molecule has 0 aliphatic heterocycles. The van der Waals surface area contributed by atoms with Gasteiger partial charge >= 0.3 is 119 Å². The van der Waals surface area contributed by atoms with Crippen molar-refractivity contribution in [3.63, 3.8) is 0 Å². The van der Waals surface area contributed by atoms with E-state index in [9.17, 15) is 9.79 Å². The molecule has 110 valence electrons. The molecule has 0 aliphatic rings. The standard InChI is InChI=1S/C12H12N3O5P/c13-14-15-20-21(16,17,18-11-7-3-1-4-8-11)19-12-9-5-2-6-10-12/h1-10,16-17H. The van der Waals surface area contributed by atoms with Gasteiger partial charge in [-0.25, -0.2) is 0 Å². The molecule has 0 amide bonds. The fraction of sp³-hybridized carbons (Fsp3) is 0. The van der Waals surface area contributed by atoms with Crippen LogP contribution in [0.2, 0.25) is 0 Å². The molecular weight excluding hydrogens is 297 g/mol. The number of nitrogens with zero attached hydrogens (tertiary/aromatic N) is 3. The molecule has 8 nitrogen and oxygen atoms in total. The number of hydrogen-bond acceptors (Lipinski definition) is 6. The van der Waals surface area contributed by atoms with Crippen LogP contribution in [0.5, 0.6) is 11.5 Å². The summed E-state index contributed by atoms with van der Waals surface area (Å²) in [5.41, 5.74) is 8.30. The monoisotopic (exact) mass is 309 g/mol. The Labute approximate surface area is 120 Å². The Morgan fingerprint density at radius 2 is 1.29 bits per heavy atom. The van der Waals surface area contributed by atoms with Crippen LogP contribution in [-0.4, -0.2) is 9.79 Å². The van der Waals surface area contributed by atoms with E-state index in [1.807, 2.05) is 0 Å². The van der Waals surface area contributed by atoms with Gasteiger partial charge in [0, 0.05) is 0 Å². The van der Waals surface area contributed by atoms with Crippen LogP contribution in [0.15, 0.2) is 65.9 Å². The van der Waals surface area contributed by atoms with E-state index >= 15 is 0 Å². The average Bonchev–Trinajstić information content (AvgIpc) is 2.47. The van der Waals surface area contributed by atoms with Gasteiger partial charge in [-0.3, -0.25) is 0 Å². The summed E-state index contributed by atoms with van der Waals surface area (Å²) in [7, 11) is -5.66. The predicted octanol–water partition coefficient (Wildman–Crippen LogP) is 3.50. The minimum atomic E-state index is -5.66. The average molecular weight is 309 g/mol. The predicted molar refractivity (Wildman–Crippen MR) is 75.7 cm³/mol. The fourth-order valence-corrected chi connectivity index (χ4v) is 2.68. The van der Waals surface area contributed by atoms with Crippen molar-refractivity contribution < 1.29 is 23.5 Å². The normalized spacial score (nSPS) is 12.4. The van der Waals surface area contributed by atoms with Crippen molar-refractivity contribution >= 4 is 7.74 Å². The third-order valence-electron chi connectivity index (χ3n) is 2.22. The molecule has 0 bridgehead atoms. The summed E-state index contributed by atoms with van der Waals surface area (Å²) >= 11 is 0. The number of benzene rings is 2. The fourth-order valence-electron chi connectivity index (χ4n) is 1.45. The molecule has 0 heterocycles. The zero-order valence-electron chi connectivity index (χ0n) is 10.7. The van der Waals surface area contributed by atoms with E-state index in [0.717, 1.165) is 0 Å². The zero-order chi connectivity index (χ0) is 15.2. The molecule has 21 heavy (non-hydrogen) atoms. The summed E-state index contributed by atoms with van der Waals surface area (Å²) in [4.78, 5) is 22.8. The van der Waals surface area contributed by atoms with Crippen LogP contribution in [0.1, 0.15) is 0 Å². The molecule has 2 N–H and O–H groups in total. The van der Waals surface area contributed by atoms with Gasteiger partial charge in [-0.15, -0.1) is 0 Å². The van der Waals surface area contributed by atoms with Gasteiger partial charge in [0.2, 0.25) is 0 Å². The van der Waals surface area contributed by atoms with Gasteiger partial charge in [0.1, 0.15) is 0 Å². The first kappa shape index (κ1) is 14.9. The van der Waals surface area contributed by atoms with Crippen molar-refractivity contribution in [3.8, 4) is 11.5 Å². The molecule has 2 aromatic carbocycles. The quantitative estimate of drug-likeness (QED) is 0.278. The number of azide groups is 1. The Hall–Kier alpha value is -2.50. The van der Waals surface area contributed by atoms with Crippen molar-refractivity contribution in [1.29, 1.82) is 0 Å². The zero-order valence-corrected chi connectivity index (χ0v) is 11.6. The Bertz CT molecular complexity index is 601. The van der Waals surface area contributed by atoms with E-state index in [-0.39, 0.29) is 11.5 Å². The molecule has 0 unspecified atom stereocenters. The molecule has 0 fully saturated rings. The van der Waals surface area contributed by atoms with Crippen LogP contribution < -0.4 is 9.05 Å². The van der Waals surface area contributed by atoms with Gasteiger partial charge in [-0.05, 0) is 0 Å². The number of para-hydroxylation sites is 2. The molecule has 0 atom stereocenters. The van der Waals surface area contributed by atoms with E-state index in [4.69, 9.17) is 14.6 Å². The molecule has 0 radical (unpaired) electrons. The van der Waals surface area contributed by atoms with Crippen LogP contribution in [0, 0.1) is 0 Å². The van der Waals surface area contributed by atoms with Crippen LogP contribution in [0.25, 0.3) is 10.4 Å². The molecule has 9 heteroatoms. The van der Waals surface area contributed by atoms with Gasteiger partial charge in [0.25, 0.3) is 0 Å². The molecule has 2 aromatic rings. The topological polar surface area (TPSA) is 117 Å². The van der Waals surface area contributed by atoms with Crippen LogP contribution >= 0.6 is 7.74 Å². The summed E-state index contributed by atoms with van der Waals surface area (Å²) in [6.45, 7) is 0. The van der Waals surface area contributed by atoms with Gasteiger partial charge < -0.3 is 0 Å². The third kappa shape index (κ3) is 4.24. The summed E-state index contributed by atoms with van der Waals surface area (Å²) in [6, 6.07) is 15.7. The maximum atomic E-state index is 10.3. The summed E-state index contributed by atoms with van der Waals surface area (Å²) in [5.74, 6) is 0.147. The summed E-state index contributed by atoms with van der Waals surface area (Å²) in [6.07, 6.45) is 0. The second-order valence-corrected chi connectivity index (χ2v) is 6.00. The van der Waals surface area contributed by atoms with Crippen molar-refractivity contribution in [3.05, 3.63) is 71.1 Å². The Kier molecular flexibility index (Phi) is 4.16. The van der Waals surface area contributed by atoms with E-state index in [2.05, 4.69) is 14.8 Å². The first-order valence-corrected chi connectivity index (χ1v) is 7.66. The van der Waals surface area contributed by atoms with E-state index in [1.165, 1.54) is 24.3 Å². The molecule has 0 aromatic heterocycles. The Balaban J connectivity index is 2.32. The van der Waals surface area contributed by atoms with Crippen molar-refractivity contribution in [2.45, 2.75) is 0 Å². The number of hydrogen-bond donors (Lipinski definition) is 2. The molecule has 0 saturated heterocycles. The first-order chi connectivity index (χ1) is 10.00. The SMILES string of the molecule is [N-]=[N+]=NOP(O)(O)(Oc1ccccc1)Oc1ccccc1. The molecule has 2 rings (SSSR count). The second kappa shape index (κ2) is 5.87. The Morgan fingerprint density at radius 3 is 1.67 bits per heavy atom. The summed E-state index contributed by atoms with van der Waals surface area (Å²) in [5, 5.41) is 2.70. The first-order valence-electron chi connectivity index (χ1n) is 5.76. The van der Waals surface area contributed by atoms with Crippen molar-refractivity contribution in [1.82, 2.24) is 0 Å². The van der Waals surface area contributed by atoms with Gasteiger partial charge in [0.05, 0.1) is 0 Å². The Morgan fingerprint density at radius 1 is 0.857 bits per heavy atom. The second-order valence-electron chi connectivity index (χ2n) is 3.86. The van der Waals surface area contributed by atoms with E-state index in [1.54, 1.807) is 36.4 Å². The van der Waals surface area contributed by atoms with Gasteiger partial charge in [0.15, 0.2) is 0 Å². The van der Waals surface area contributed by atoms with Crippen molar-refractivity contribution in [2.24, 2.45) is 5.28 Å². The number of rotatable bonds is 6. The van der Waals surface area contributed by atoms with E-state index in [0.29, 0.717) is 0 Å². The molecule has 0 saturated carbocycles. The van der Waals surface area contributed by atoms with Gasteiger partial charge in [-0.2, -0.15) is 0 Å². The molecular formula is C12H12N3O5P. The minimum absolute atomic E-state index is 0.0734. The molecule has 0 aliphatic carbocycles. The van der Waals surface area contributed by atoms with Crippen LogP contribution in [-0.2, 0) is 4.62 Å². The molecule has 0 spiro atoms. The van der Waals surface area contributed by atoms with Crippen LogP contribution in [0.3, 0.4) is 0 Å². The third-order valence-corrected chi connectivity index (χ3v) is 3.62.